The monoisotopic (exact) mass is 268 g/mol. The molecular formula is C18H24N2. The molecule has 1 atom stereocenters. The van der Waals surface area contributed by atoms with Crippen LogP contribution in [0.4, 0.5) is 0 Å². The maximum absolute atomic E-state index is 6.30. The highest BCUT2D eigenvalue weighted by atomic mass is 14.9. The summed E-state index contributed by atoms with van der Waals surface area (Å²) in [4.78, 5) is 0. The first-order chi connectivity index (χ1) is 9.65. The molecule has 20 heavy (non-hydrogen) atoms. The Balaban J connectivity index is 1.91. The zero-order valence-electron chi connectivity index (χ0n) is 12.5. The van der Waals surface area contributed by atoms with Crippen molar-refractivity contribution < 1.29 is 0 Å². The average molecular weight is 268 g/mol. The van der Waals surface area contributed by atoms with Gasteiger partial charge in [-0.05, 0) is 60.9 Å². The average Bonchev–Trinajstić information content (AvgIpc) is 2.74. The molecule has 0 fully saturated rings. The van der Waals surface area contributed by atoms with Gasteiger partial charge in [0, 0.05) is 25.0 Å². The Morgan fingerprint density at radius 1 is 1.15 bits per heavy atom. The molecule has 2 heteroatoms. The van der Waals surface area contributed by atoms with E-state index in [9.17, 15) is 0 Å². The number of aryl methyl sites for hydroxylation is 3. The van der Waals surface area contributed by atoms with E-state index >= 15 is 0 Å². The number of fused-ring (bicyclic) bond motifs is 1. The SMILES string of the molecule is Cc1cccc(C)c1Cn1cc2c(c1)C(N)CCCC2. The van der Waals surface area contributed by atoms with Gasteiger partial charge in [-0.15, -0.1) is 0 Å². The van der Waals surface area contributed by atoms with Gasteiger partial charge >= 0.3 is 0 Å². The molecule has 1 heterocycles. The Labute approximate surface area is 121 Å². The van der Waals surface area contributed by atoms with E-state index in [4.69, 9.17) is 5.73 Å². The summed E-state index contributed by atoms with van der Waals surface area (Å²) in [5, 5.41) is 0. The van der Waals surface area contributed by atoms with Crippen LogP contribution < -0.4 is 5.73 Å². The Bertz CT molecular complexity index is 590. The lowest BCUT2D eigenvalue weighted by Gasteiger charge is -2.11. The Hall–Kier alpha value is -1.54. The van der Waals surface area contributed by atoms with Crippen LogP contribution in [-0.2, 0) is 13.0 Å². The van der Waals surface area contributed by atoms with E-state index in [1.807, 2.05) is 0 Å². The van der Waals surface area contributed by atoms with Gasteiger partial charge in [-0.25, -0.2) is 0 Å². The van der Waals surface area contributed by atoms with Gasteiger partial charge in [0.2, 0.25) is 0 Å². The predicted molar refractivity (Wildman–Crippen MR) is 83.9 cm³/mol. The van der Waals surface area contributed by atoms with E-state index in [0.29, 0.717) is 0 Å². The summed E-state index contributed by atoms with van der Waals surface area (Å²) < 4.78 is 2.32. The molecular weight excluding hydrogens is 244 g/mol. The van der Waals surface area contributed by atoms with Crippen LogP contribution in [0.2, 0.25) is 0 Å². The maximum Gasteiger partial charge on any atom is 0.0475 e. The van der Waals surface area contributed by atoms with Gasteiger partial charge in [0.15, 0.2) is 0 Å². The first-order valence-electron chi connectivity index (χ1n) is 7.64. The topological polar surface area (TPSA) is 30.9 Å². The van der Waals surface area contributed by atoms with E-state index in [1.54, 1.807) is 0 Å². The molecule has 0 bridgehead atoms. The normalized spacial score (nSPS) is 18.6. The summed E-state index contributed by atoms with van der Waals surface area (Å²) in [6, 6.07) is 6.76. The van der Waals surface area contributed by atoms with E-state index < -0.39 is 0 Å². The van der Waals surface area contributed by atoms with Gasteiger partial charge in [-0.2, -0.15) is 0 Å². The molecule has 106 valence electrons. The number of hydrogen-bond donors (Lipinski definition) is 1. The van der Waals surface area contributed by atoms with Crippen LogP contribution in [0.15, 0.2) is 30.6 Å². The molecule has 1 aromatic carbocycles. The van der Waals surface area contributed by atoms with Crippen molar-refractivity contribution in [3.8, 4) is 0 Å². The highest BCUT2D eigenvalue weighted by Crippen LogP contribution is 2.28. The van der Waals surface area contributed by atoms with E-state index in [-0.39, 0.29) is 6.04 Å². The quantitative estimate of drug-likeness (QED) is 0.823. The first kappa shape index (κ1) is 13.4. The lowest BCUT2D eigenvalue weighted by molar-refractivity contribution is 0.610. The predicted octanol–water partition coefficient (Wildman–Crippen LogP) is 3.88. The van der Waals surface area contributed by atoms with Gasteiger partial charge in [0.25, 0.3) is 0 Å². The standard InChI is InChI=1S/C18H24N2/c1-13-6-5-7-14(2)16(13)11-20-10-15-8-3-4-9-18(19)17(15)12-20/h5-7,10,12,18H,3-4,8-9,11,19H2,1-2H3. The molecule has 1 aromatic heterocycles. The molecule has 2 aromatic rings. The number of rotatable bonds is 2. The lowest BCUT2D eigenvalue weighted by Crippen LogP contribution is -2.09. The second-order valence-electron chi connectivity index (χ2n) is 6.13. The lowest BCUT2D eigenvalue weighted by atomic mass is 10.0. The molecule has 0 saturated heterocycles. The van der Waals surface area contributed by atoms with Crippen LogP contribution in [0, 0.1) is 13.8 Å². The van der Waals surface area contributed by atoms with Crippen LogP contribution in [0.1, 0.15) is 53.1 Å². The fourth-order valence-corrected chi connectivity index (χ4v) is 3.32. The smallest absolute Gasteiger partial charge is 0.0475 e. The number of aromatic nitrogens is 1. The minimum atomic E-state index is 0.228. The third kappa shape index (κ3) is 2.53. The summed E-state index contributed by atoms with van der Waals surface area (Å²) in [7, 11) is 0. The van der Waals surface area contributed by atoms with Crippen LogP contribution in [0.5, 0.6) is 0 Å². The zero-order chi connectivity index (χ0) is 14.1. The van der Waals surface area contributed by atoms with Crippen molar-refractivity contribution in [1.29, 1.82) is 0 Å². The molecule has 0 spiro atoms. The Kier molecular flexibility index (Phi) is 3.66. The number of hydrogen-bond acceptors (Lipinski definition) is 1. The van der Waals surface area contributed by atoms with Crippen LogP contribution in [0.25, 0.3) is 0 Å². The second kappa shape index (κ2) is 5.45. The van der Waals surface area contributed by atoms with Crippen molar-refractivity contribution in [2.45, 2.75) is 52.1 Å². The summed E-state index contributed by atoms with van der Waals surface area (Å²) >= 11 is 0. The molecule has 2 nitrogen and oxygen atoms in total. The van der Waals surface area contributed by atoms with Gasteiger partial charge in [0.05, 0.1) is 0 Å². The van der Waals surface area contributed by atoms with Gasteiger partial charge in [-0.3, -0.25) is 0 Å². The molecule has 0 aliphatic heterocycles. The summed E-state index contributed by atoms with van der Waals surface area (Å²) in [6.07, 6.45) is 9.42. The van der Waals surface area contributed by atoms with E-state index in [2.05, 4.69) is 49.0 Å². The van der Waals surface area contributed by atoms with Crippen molar-refractivity contribution in [3.63, 3.8) is 0 Å². The first-order valence-corrected chi connectivity index (χ1v) is 7.64. The summed E-state index contributed by atoms with van der Waals surface area (Å²) in [5.74, 6) is 0. The number of nitrogens with two attached hydrogens (primary N) is 1. The van der Waals surface area contributed by atoms with Crippen LogP contribution in [-0.4, -0.2) is 4.57 Å². The minimum Gasteiger partial charge on any atom is -0.349 e. The van der Waals surface area contributed by atoms with Crippen LogP contribution >= 0.6 is 0 Å². The second-order valence-corrected chi connectivity index (χ2v) is 6.13. The van der Waals surface area contributed by atoms with Crippen LogP contribution in [0.3, 0.4) is 0 Å². The molecule has 1 aliphatic carbocycles. The summed E-state index contributed by atoms with van der Waals surface area (Å²) in [6.45, 7) is 5.35. The molecule has 2 N–H and O–H groups in total. The highest BCUT2D eigenvalue weighted by Gasteiger charge is 2.17. The highest BCUT2D eigenvalue weighted by molar-refractivity contribution is 5.35. The molecule has 0 radical (unpaired) electrons. The zero-order valence-corrected chi connectivity index (χ0v) is 12.5. The fraction of sp³-hybridized carbons (Fsp3) is 0.444. The van der Waals surface area contributed by atoms with Crippen molar-refractivity contribution in [3.05, 3.63) is 58.4 Å². The largest absolute Gasteiger partial charge is 0.349 e. The number of nitrogens with zero attached hydrogens (tertiary/aromatic N) is 1. The Morgan fingerprint density at radius 2 is 1.90 bits per heavy atom. The van der Waals surface area contributed by atoms with Crippen molar-refractivity contribution >= 4 is 0 Å². The maximum atomic E-state index is 6.30. The minimum absolute atomic E-state index is 0.228. The molecule has 0 amide bonds. The van der Waals surface area contributed by atoms with Crippen molar-refractivity contribution in [1.82, 2.24) is 4.57 Å². The molecule has 0 saturated carbocycles. The third-order valence-electron chi connectivity index (χ3n) is 4.59. The van der Waals surface area contributed by atoms with Gasteiger partial charge < -0.3 is 10.3 Å². The Morgan fingerprint density at radius 3 is 2.65 bits per heavy atom. The molecule has 1 aliphatic rings. The summed E-state index contributed by atoms with van der Waals surface area (Å²) in [5.41, 5.74) is 13.3. The fourth-order valence-electron chi connectivity index (χ4n) is 3.32. The van der Waals surface area contributed by atoms with Gasteiger partial charge in [0.1, 0.15) is 0 Å². The molecule has 1 unspecified atom stereocenters. The third-order valence-corrected chi connectivity index (χ3v) is 4.59. The number of benzene rings is 1. The molecule has 3 rings (SSSR count). The van der Waals surface area contributed by atoms with E-state index in [0.717, 1.165) is 13.0 Å². The van der Waals surface area contributed by atoms with Crippen molar-refractivity contribution in [2.75, 3.05) is 0 Å². The van der Waals surface area contributed by atoms with Gasteiger partial charge in [-0.1, -0.05) is 24.6 Å². The van der Waals surface area contributed by atoms with Crippen molar-refractivity contribution in [2.24, 2.45) is 5.73 Å². The van der Waals surface area contributed by atoms with E-state index in [1.165, 1.54) is 47.1 Å².